The van der Waals surface area contributed by atoms with Crippen molar-refractivity contribution in [2.75, 3.05) is 43.1 Å². The van der Waals surface area contributed by atoms with E-state index < -0.39 is 0 Å². The van der Waals surface area contributed by atoms with Crippen molar-refractivity contribution >= 4 is 28.7 Å². The van der Waals surface area contributed by atoms with Gasteiger partial charge in [-0.2, -0.15) is 0 Å². The van der Waals surface area contributed by atoms with Gasteiger partial charge in [0.15, 0.2) is 0 Å². The zero-order valence-electron chi connectivity index (χ0n) is 18.1. The van der Waals surface area contributed by atoms with Crippen LogP contribution in [0.5, 0.6) is 5.75 Å². The fraction of sp³-hybridized carbons (Fsp3) is 0.375. The number of methoxy groups -OCH3 is 1. The lowest BCUT2D eigenvalue weighted by molar-refractivity contribution is -0.125. The quantitative estimate of drug-likeness (QED) is 0.624. The van der Waals surface area contributed by atoms with Gasteiger partial charge in [-0.1, -0.05) is 12.1 Å². The molecule has 2 aliphatic rings. The van der Waals surface area contributed by atoms with Gasteiger partial charge in [-0.25, -0.2) is 4.98 Å². The van der Waals surface area contributed by atoms with Crippen LogP contribution in [0.4, 0.5) is 11.5 Å². The molecular weight excluding hydrogens is 422 g/mol. The number of hydrogen-bond acceptors (Lipinski definition) is 7. The number of carbonyl (C=O) groups excluding carboxylic acids is 1. The summed E-state index contributed by atoms with van der Waals surface area (Å²) in [4.78, 5) is 28.0. The van der Waals surface area contributed by atoms with Crippen LogP contribution in [0, 0.1) is 5.92 Å². The summed E-state index contributed by atoms with van der Waals surface area (Å²) in [5.41, 5.74) is 2.38. The number of hydrogen-bond donors (Lipinski definition) is 1. The van der Waals surface area contributed by atoms with Crippen LogP contribution in [-0.4, -0.2) is 55.2 Å². The third-order valence-corrected chi connectivity index (χ3v) is 7.32. The Morgan fingerprint density at radius 2 is 2.22 bits per heavy atom. The Balaban J connectivity index is 1.38. The van der Waals surface area contributed by atoms with E-state index >= 15 is 0 Å². The Morgan fingerprint density at radius 1 is 1.28 bits per heavy atom. The fourth-order valence-corrected chi connectivity index (χ4v) is 5.47. The van der Waals surface area contributed by atoms with Crippen LogP contribution in [-0.2, 0) is 17.6 Å². The van der Waals surface area contributed by atoms with Gasteiger partial charge < -0.3 is 19.9 Å². The van der Waals surface area contributed by atoms with Gasteiger partial charge in [0.2, 0.25) is 5.91 Å². The molecule has 32 heavy (non-hydrogen) atoms. The average Bonchev–Trinajstić information content (AvgIpc) is 3.37. The SMILES string of the molecule is COc1ccc2c(c1)N1CCN(c3cnccn3)CC1C(C(=O)NCCc1cccs1)C2. The van der Waals surface area contributed by atoms with Crippen molar-refractivity contribution in [1.29, 1.82) is 0 Å². The Morgan fingerprint density at radius 3 is 3.00 bits per heavy atom. The number of amides is 1. The van der Waals surface area contributed by atoms with Crippen LogP contribution in [0.3, 0.4) is 0 Å². The normalized spacial score (nSPS) is 19.8. The van der Waals surface area contributed by atoms with Crippen LogP contribution >= 0.6 is 11.3 Å². The zero-order valence-corrected chi connectivity index (χ0v) is 18.9. The number of nitrogens with one attached hydrogen (secondary N) is 1. The predicted molar refractivity (Wildman–Crippen MR) is 127 cm³/mol. The van der Waals surface area contributed by atoms with Crippen LogP contribution in [0.25, 0.3) is 0 Å². The summed E-state index contributed by atoms with van der Waals surface area (Å²) in [6.45, 7) is 3.04. The lowest BCUT2D eigenvalue weighted by Gasteiger charge is -2.49. The van der Waals surface area contributed by atoms with Crippen molar-refractivity contribution in [2.24, 2.45) is 5.92 Å². The van der Waals surface area contributed by atoms with Crippen LogP contribution in [0.2, 0.25) is 0 Å². The Kier molecular flexibility index (Phi) is 5.94. The standard InChI is InChI=1S/C24H27N5O2S/c1-31-18-5-4-17-13-20(24(30)27-7-6-19-3-2-12-32-19)22-16-28(23-15-25-8-9-26-23)10-11-29(22)21(17)14-18/h2-5,8-9,12,14-15,20,22H,6-7,10-11,13,16H2,1H3,(H,27,30). The average molecular weight is 450 g/mol. The number of benzene rings is 1. The van der Waals surface area contributed by atoms with E-state index in [2.05, 4.69) is 54.7 Å². The van der Waals surface area contributed by atoms with E-state index in [4.69, 9.17) is 4.74 Å². The smallest absolute Gasteiger partial charge is 0.225 e. The van der Waals surface area contributed by atoms with Gasteiger partial charge in [0.25, 0.3) is 0 Å². The summed E-state index contributed by atoms with van der Waals surface area (Å²) in [5, 5.41) is 5.28. The molecule has 7 nitrogen and oxygen atoms in total. The highest BCUT2D eigenvalue weighted by Gasteiger charge is 2.42. The summed E-state index contributed by atoms with van der Waals surface area (Å²) < 4.78 is 5.48. The number of aromatic nitrogens is 2. The molecule has 1 saturated heterocycles. The number of anilines is 2. The molecule has 0 spiro atoms. The summed E-state index contributed by atoms with van der Waals surface area (Å²) in [5.74, 6) is 1.70. The molecule has 2 aromatic heterocycles. The highest BCUT2D eigenvalue weighted by Crippen LogP contribution is 2.38. The monoisotopic (exact) mass is 449 g/mol. The number of ether oxygens (including phenoxy) is 1. The van der Waals surface area contributed by atoms with Crippen LogP contribution in [0.1, 0.15) is 10.4 Å². The summed E-state index contributed by atoms with van der Waals surface area (Å²) in [7, 11) is 1.69. The van der Waals surface area contributed by atoms with Crippen molar-refractivity contribution in [3.63, 3.8) is 0 Å². The molecule has 1 aromatic carbocycles. The predicted octanol–water partition coefficient (Wildman–Crippen LogP) is 2.77. The van der Waals surface area contributed by atoms with E-state index in [1.165, 1.54) is 16.1 Å². The van der Waals surface area contributed by atoms with Gasteiger partial charge in [0.05, 0.1) is 25.3 Å². The Bertz CT molecular complexity index is 1060. The third-order valence-electron chi connectivity index (χ3n) is 6.39. The first-order chi connectivity index (χ1) is 15.7. The first-order valence-electron chi connectivity index (χ1n) is 11.0. The van der Waals surface area contributed by atoms with Gasteiger partial charge in [-0.15, -0.1) is 11.3 Å². The Hall–Kier alpha value is -3.13. The molecule has 4 heterocycles. The van der Waals surface area contributed by atoms with Crippen molar-refractivity contribution in [3.05, 3.63) is 64.7 Å². The Labute approximate surface area is 192 Å². The topological polar surface area (TPSA) is 70.6 Å². The molecule has 166 valence electrons. The second-order valence-corrected chi connectivity index (χ2v) is 9.23. The number of fused-ring (bicyclic) bond motifs is 3. The molecule has 5 rings (SSSR count). The van der Waals surface area contributed by atoms with E-state index in [0.29, 0.717) is 6.54 Å². The lowest BCUT2D eigenvalue weighted by atomic mass is 9.83. The maximum atomic E-state index is 13.4. The van der Waals surface area contributed by atoms with Crippen molar-refractivity contribution < 1.29 is 9.53 Å². The molecule has 3 aromatic rings. The maximum absolute atomic E-state index is 13.4. The van der Waals surface area contributed by atoms with Gasteiger partial charge in [0.1, 0.15) is 11.6 Å². The highest BCUT2D eigenvalue weighted by molar-refractivity contribution is 7.09. The number of rotatable bonds is 6. The van der Waals surface area contributed by atoms with Gasteiger partial charge in [-0.05, 0) is 35.9 Å². The highest BCUT2D eigenvalue weighted by atomic mass is 32.1. The molecule has 0 bridgehead atoms. The molecule has 2 atom stereocenters. The molecule has 8 heteroatoms. The minimum absolute atomic E-state index is 0.0621. The minimum Gasteiger partial charge on any atom is -0.497 e. The molecule has 0 saturated carbocycles. The lowest BCUT2D eigenvalue weighted by Crippen LogP contribution is -2.61. The zero-order chi connectivity index (χ0) is 21.9. The molecular formula is C24H27N5O2S. The second-order valence-electron chi connectivity index (χ2n) is 8.20. The first kappa shape index (κ1) is 20.8. The summed E-state index contributed by atoms with van der Waals surface area (Å²) in [6.07, 6.45) is 6.79. The molecule has 1 fully saturated rings. The summed E-state index contributed by atoms with van der Waals surface area (Å²) >= 11 is 1.73. The fourth-order valence-electron chi connectivity index (χ4n) is 4.76. The minimum atomic E-state index is -0.126. The largest absolute Gasteiger partial charge is 0.497 e. The van der Waals surface area contributed by atoms with Crippen molar-refractivity contribution in [2.45, 2.75) is 18.9 Å². The molecule has 0 radical (unpaired) electrons. The number of piperazine rings is 1. The molecule has 0 aliphatic carbocycles. The van der Waals surface area contributed by atoms with E-state index in [0.717, 1.165) is 44.0 Å². The maximum Gasteiger partial charge on any atom is 0.225 e. The number of thiophene rings is 1. The first-order valence-corrected chi connectivity index (χ1v) is 11.9. The summed E-state index contributed by atoms with van der Waals surface area (Å²) in [6, 6.07) is 10.4. The van der Waals surface area contributed by atoms with E-state index in [1.54, 1.807) is 37.0 Å². The van der Waals surface area contributed by atoms with E-state index in [9.17, 15) is 4.79 Å². The van der Waals surface area contributed by atoms with Crippen molar-refractivity contribution in [1.82, 2.24) is 15.3 Å². The molecule has 2 unspecified atom stereocenters. The number of nitrogens with zero attached hydrogens (tertiary/aromatic N) is 4. The molecule has 1 amide bonds. The second kappa shape index (κ2) is 9.16. The van der Waals surface area contributed by atoms with Crippen molar-refractivity contribution in [3.8, 4) is 5.75 Å². The van der Waals surface area contributed by atoms with Gasteiger partial charge >= 0.3 is 0 Å². The van der Waals surface area contributed by atoms with Crippen LogP contribution in [0.15, 0.2) is 54.3 Å². The molecule has 1 N–H and O–H groups in total. The third kappa shape index (κ3) is 4.14. The van der Waals surface area contributed by atoms with Gasteiger partial charge in [-0.3, -0.25) is 9.78 Å². The van der Waals surface area contributed by atoms with Gasteiger partial charge in [0, 0.05) is 55.2 Å². The number of carbonyl (C=O) groups is 1. The van der Waals surface area contributed by atoms with Crippen LogP contribution < -0.4 is 19.9 Å². The van der Waals surface area contributed by atoms with E-state index in [1.807, 2.05) is 6.07 Å². The van der Waals surface area contributed by atoms with E-state index in [-0.39, 0.29) is 17.9 Å². The molecule has 2 aliphatic heterocycles.